The van der Waals surface area contributed by atoms with Crippen LogP contribution in [0.1, 0.15) is 156 Å². The standard InChI is InChI=1S/C61H90N8O12Si/c1-14-48-46(52(64-43-31-36-76-37-32-43)47-39-63-69(15-2)54(47)66-48)38-62-55(70)65-42-25-23-41(24-26-42)22-18-21-35-75-34-20-17-16-19-33-68(56(71)72)40-50(81-82(12,13)61(9,10)11)44-27-29-49(77-57(73)79-59(3,4)5)53-45(44)28-30-51(67-53)78-58(74)80-60(6,7)8/h23-30,39,43,50H,14-22,31-38,40H2,1-13H3,(H,64,66)(H,71,72)(H2,62,65,70). The lowest BCUT2D eigenvalue weighted by Gasteiger charge is -2.40. The first-order valence-electron chi connectivity index (χ1n) is 29.1. The number of fused-ring (bicyclic) bond motifs is 2. The highest BCUT2D eigenvalue weighted by atomic mass is 28.4. The number of benzene rings is 2. The third-order valence-corrected chi connectivity index (χ3v) is 19.0. The van der Waals surface area contributed by atoms with Crippen molar-refractivity contribution in [3.8, 4) is 11.6 Å². The molecule has 4 heterocycles. The van der Waals surface area contributed by atoms with Gasteiger partial charge in [0.1, 0.15) is 16.7 Å². The summed E-state index contributed by atoms with van der Waals surface area (Å²) in [6.07, 6.45) is 6.62. The maximum absolute atomic E-state index is 13.2. The fourth-order valence-corrected chi connectivity index (χ4v) is 10.5. The van der Waals surface area contributed by atoms with Crippen molar-refractivity contribution in [2.45, 2.75) is 195 Å². The van der Waals surface area contributed by atoms with Crippen molar-refractivity contribution in [2.24, 2.45) is 0 Å². The molecule has 21 heteroatoms. The summed E-state index contributed by atoms with van der Waals surface area (Å²) in [5.74, 6) is -0.0447. The van der Waals surface area contributed by atoms with Crippen LogP contribution in [0.15, 0.2) is 54.7 Å². The average Bonchev–Trinajstić information content (AvgIpc) is 4.03. The largest absolute Gasteiger partial charge is 0.515 e. The van der Waals surface area contributed by atoms with E-state index in [9.17, 15) is 24.3 Å². The Hall–Kier alpha value is -6.55. The van der Waals surface area contributed by atoms with Gasteiger partial charge in [0.05, 0.1) is 29.9 Å². The maximum atomic E-state index is 13.2. The van der Waals surface area contributed by atoms with Crippen LogP contribution in [-0.2, 0) is 49.3 Å². The highest BCUT2D eigenvalue weighted by Gasteiger charge is 2.41. The van der Waals surface area contributed by atoms with Crippen molar-refractivity contribution in [3.63, 3.8) is 0 Å². The van der Waals surface area contributed by atoms with E-state index in [0.717, 1.165) is 79.3 Å². The Labute approximate surface area is 485 Å². The number of rotatable bonds is 26. The second-order valence-electron chi connectivity index (χ2n) is 24.4. The van der Waals surface area contributed by atoms with E-state index in [-0.39, 0.29) is 40.8 Å². The van der Waals surface area contributed by atoms with Crippen molar-refractivity contribution in [3.05, 3.63) is 77.1 Å². The van der Waals surface area contributed by atoms with Gasteiger partial charge >= 0.3 is 24.4 Å². The second kappa shape index (κ2) is 29.1. The summed E-state index contributed by atoms with van der Waals surface area (Å²) < 4.78 is 42.5. The molecule has 0 saturated carbocycles. The minimum absolute atomic E-state index is 0.0290. The fourth-order valence-electron chi connectivity index (χ4n) is 9.22. The molecule has 3 aromatic heterocycles. The predicted octanol–water partition coefficient (Wildman–Crippen LogP) is 13.7. The number of carboxylic acid groups (broad SMARTS) is 1. The number of carbonyl (C=O) groups is 4. The van der Waals surface area contributed by atoms with Gasteiger partial charge < -0.3 is 58.8 Å². The van der Waals surface area contributed by atoms with Crippen LogP contribution in [0.5, 0.6) is 11.6 Å². The molecule has 450 valence electrons. The number of nitrogens with one attached hydrogen (secondary N) is 3. The van der Waals surface area contributed by atoms with Crippen LogP contribution in [0.4, 0.5) is 30.6 Å². The molecular weight excluding hydrogens is 1060 g/mol. The van der Waals surface area contributed by atoms with Crippen molar-refractivity contribution < 1.29 is 57.1 Å². The van der Waals surface area contributed by atoms with Gasteiger partial charge in [-0.1, -0.05) is 58.7 Å². The Kier molecular flexibility index (Phi) is 22.9. The zero-order chi connectivity index (χ0) is 59.8. The molecule has 5 aromatic rings. The molecule has 0 aliphatic carbocycles. The van der Waals surface area contributed by atoms with E-state index in [1.54, 1.807) is 59.7 Å². The summed E-state index contributed by atoms with van der Waals surface area (Å²) in [7, 11) is -2.54. The Balaban J connectivity index is 0.963. The second-order valence-corrected chi connectivity index (χ2v) is 29.2. The highest BCUT2D eigenvalue weighted by molar-refractivity contribution is 6.74. The molecule has 6 rings (SSSR count). The molecule has 0 radical (unpaired) electrons. The molecule has 1 atom stereocenters. The van der Waals surface area contributed by atoms with Gasteiger partial charge in [-0.25, -0.2) is 33.8 Å². The van der Waals surface area contributed by atoms with Crippen LogP contribution in [-0.4, -0.2) is 119 Å². The number of hydrogen-bond donors (Lipinski definition) is 4. The third kappa shape index (κ3) is 19.3. The summed E-state index contributed by atoms with van der Waals surface area (Å²) in [5.41, 5.74) is 4.77. The minimum Gasteiger partial charge on any atom is -0.465 e. The number of urea groups is 1. The van der Waals surface area contributed by atoms with Crippen LogP contribution in [0.2, 0.25) is 18.1 Å². The molecular formula is C61H90N8O12Si. The Morgan fingerprint density at radius 3 is 2.10 bits per heavy atom. The first-order chi connectivity index (χ1) is 38.7. The number of amides is 3. The van der Waals surface area contributed by atoms with Gasteiger partial charge in [0.25, 0.3) is 0 Å². The lowest BCUT2D eigenvalue weighted by atomic mass is 10.0. The highest BCUT2D eigenvalue weighted by Crippen LogP contribution is 2.42. The van der Waals surface area contributed by atoms with Crippen LogP contribution < -0.4 is 25.4 Å². The van der Waals surface area contributed by atoms with Gasteiger partial charge in [-0.2, -0.15) is 5.10 Å². The summed E-state index contributed by atoms with van der Waals surface area (Å²) in [6.45, 7) is 29.1. The maximum Gasteiger partial charge on any atom is 0.515 e. The van der Waals surface area contributed by atoms with Gasteiger partial charge in [0, 0.05) is 80.5 Å². The molecule has 1 unspecified atom stereocenters. The van der Waals surface area contributed by atoms with Gasteiger partial charge in [0.15, 0.2) is 19.7 Å². The van der Waals surface area contributed by atoms with E-state index in [4.69, 9.17) is 37.8 Å². The lowest BCUT2D eigenvalue weighted by Crippen LogP contribution is -2.45. The van der Waals surface area contributed by atoms with Crippen LogP contribution in [0.25, 0.3) is 21.9 Å². The summed E-state index contributed by atoms with van der Waals surface area (Å²) in [4.78, 5) is 62.8. The number of pyridine rings is 2. The summed E-state index contributed by atoms with van der Waals surface area (Å²) in [6, 6.07) is 14.4. The molecule has 1 aliphatic heterocycles. The lowest BCUT2D eigenvalue weighted by molar-refractivity contribution is 0.0184. The average molecular weight is 1160 g/mol. The molecule has 1 fully saturated rings. The van der Waals surface area contributed by atoms with Crippen LogP contribution >= 0.6 is 0 Å². The Bertz CT molecular complexity index is 2920. The zero-order valence-electron chi connectivity index (χ0n) is 50.8. The van der Waals surface area contributed by atoms with Gasteiger partial charge in [-0.05, 0) is 153 Å². The topological polar surface area (TPSA) is 236 Å². The van der Waals surface area contributed by atoms with Crippen molar-refractivity contribution in [1.29, 1.82) is 0 Å². The molecule has 4 N–H and O–H groups in total. The molecule has 1 saturated heterocycles. The molecule has 0 bridgehead atoms. The Morgan fingerprint density at radius 2 is 1.46 bits per heavy atom. The molecule has 82 heavy (non-hydrogen) atoms. The number of aryl methyl sites for hydroxylation is 3. The molecule has 3 amide bonds. The molecule has 2 aromatic carbocycles. The number of hydrogen-bond acceptors (Lipinski definition) is 15. The van der Waals surface area contributed by atoms with Crippen molar-refractivity contribution in [1.82, 2.24) is 30.0 Å². The number of aromatic nitrogens is 4. The number of anilines is 2. The third-order valence-electron chi connectivity index (χ3n) is 14.5. The van der Waals surface area contributed by atoms with E-state index in [0.29, 0.717) is 75.5 Å². The molecule has 0 spiro atoms. The number of unbranched alkanes of at least 4 members (excludes halogenated alkanes) is 4. The quantitative estimate of drug-likeness (QED) is 0.0174. The minimum atomic E-state index is -2.54. The first-order valence-corrected chi connectivity index (χ1v) is 32.0. The first kappa shape index (κ1) is 64.6. The molecule has 20 nitrogen and oxygen atoms in total. The SMILES string of the molecule is CCc1nc2c(cnn2CC)c(NC2CCOCC2)c1CNC(=O)Nc1ccc(CCCCOCCCCCCN(CC(O[Si](C)(C)C(C)(C)C)c2ccc(OC(=O)OC(C)(C)C)c3nc(OC(=O)OC(C)(C)C)ccc23)C(=O)O)cc1. The van der Waals surface area contributed by atoms with E-state index in [1.165, 1.54) is 16.5 Å². The smallest absolute Gasteiger partial charge is 0.465 e. The van der Waals surface area contributed by atoms with E-state index < -0.39 is 44.0 Å². The van der Waals surface area contributed by atoms with Gasteiger partial charge in [-0.3, -0.25) is 0 Å². The summed E-state index contributed by atoms with van der Waals surface area (Å²) in [5, 5.41) is 26.2. The number of carbonyl (C=O) groups excluding carboxylic acids is 3. The van der Waals surface area contributed by atoms with E-state index in [1.807, 2.05) is 35.1 Å². The van der Waals surface area contributed by atoms with Gasteiger partial charge in [-0.15, -0.1) is 0 Å². The predicted molar refractivity (Wildman–Crippen MR) is 321 cm³/mol. The van der Waals surface area contributed by atoms with Crippen LogP contribution in [0, 0.1) is 0 Å². The Morgan fingerprint density at radius 1 is 0.805 bits per heavy atom. The summed E-state index contributed by atoms with van der Waals surface area (Å²) >= 11 is 0. The van der Waals surface area contributed by atoms with E-state index in [2.05, 4.69) is 73.7 Å². The van der Waals surface area contributed by atoms with Crippen molar-refractivity contribution in [2.75, 3.05) is 50.2 Å². The van der Waals surface area contributed by atoms with Gasteiger partial charge in [0.2, 0.25) is 5.88 Å². The number of ether oxygens (including phenoxy) is 6. The van der Waals surface area contributed by atoms with E-state index >= 15 is 0 Å². The van der Waals surface area contributed by atoms with Crippen molar-refractivity contribution >= 4 is 66.1 Å². The normalized spacial score (nSPS) is 13.9. The van der Waals surface area contributed by atoms with Crippen LogP contribution in [0.3, 0.4) is 0 Å². The monoisotopic (exact) mass is 1150 g/mol. The number of nitrogens with zero attached hydrogens (tertiary/aromatic N) is 5. The zero-order valence-corrected chi connectivity index (χ0v) is 51.8. The fraction of sp³-hybridized carbons (Fsp3) is 0.590. The molecule has 1 aliphatic rings.